The molecular formula is C21H18IrN-. The molecule has 2 fully saturated rings. The number of rotatable bonds is 0. The van der Waals surface area contributed by atoms with Crippen LogP contribution in [0.1, 0.15) is 48.6 Å². The maximum atomic E-state index is 4.90. The van der Waals surface area contributed by atoms with Gasteiger partial charge in [-0.25, -0.2) is 0 Å². The molecule has 2 atom stereocenters. The summed E-state index contributed by atoms with van der Waals surface area (Å²) in [7, 11) is 0. The van der Waals surface area contributed by atoms with E-state index in [9.17, 15) is 0 Å². The second-order valence-electron chi connectivity index (χ2n) is 7.43. The molecule has 1 aromatic heterocycles. The number of aromatic nitrogens is 1. The Kier molecular flexibility index (Phi) is 3.00. The Morgan fingerprint density at radius 3 is 2.65 bits per heavy atom. The minimum Gasteiger partial charge on any atom is -0.304 e. The third-order valence-corrected chi connectivity index (χ3v) is 6.55. The average Bonchev–Trinajstić information content (AvgIpc) is 3.32. The van der Waals surface area contributed by atoms with Crippen LogP contribution in [0.15, 0.2) is 36.5 Å². The van der Waals surface area contributed by atoms with Crippen molar-refractivity contribution in [2.45, 2.75) is 37.5 Å². The van der Waals surface area contributed by atoms with Crippen molar-refractivity contribution in [3.63, 3.8) is 0 Å². The van der Waals surface area contributed by atoms with Gasteiger partial charge >= 0.3 is 0 Å². The third kappa shape index (κ3) is 1.80. The number of hydrogen-bond acceptors (Lipinski definition) is 1. The normalized spacial score (nSPS) is 30.4. The summed E-state index contributed by atoms with van der Waals surface area (Å²) >= 11 is 0. The molecule has 0 saturated heterocycles. The SMILES string of the molecule is [Ir].[c-]1cccc2ccc3c4c(cnc3c12)C1CCC2C(CC1)C42. The van der Waals surface area contributed by atoms with Crippen LogP contribution in [0, 0.1) is 17.9 Å². The van der Waals surface area contributed by atoms with Gasteiger partial charge in [0.2, 0.25) is 0 Å². The van der Waals surface area contributed by atoms with E-state index in [-0.39, 0.29) is 20.1 Å². The minimum absolute atomic E-state index is 0. The molecule has 23 heavy (non-hydrogen) atoms. The molecule has 2 heteroatoms. The molecule has 4 aliphatic carbocycles. The Labute approximate surface area is 149 Å². The van der Waals surface area contributed by atoms with Crippen LogP contribution in [0.5, 0.6) is 0 Å². The summed E-state index contributed by atoms with van der Waals surface area (Å²) in [5, 5.41) is 3.86. The molecule has 1 nitrogen and oxygen atoms in total. The summed E-state index contributed by atoms with van der Waals surface area (Å²) in [6.07, 6.45) is 7.87. The molecule has 1 heterocycles. The van der Waals surface area contributed by atoms with Gasteiger partial charge in [0.25, 0.3) is 0 Å². The standard InChI is InChI=1S/C21H18N.Ir/c1-2-4-14-12(3-1)7-10-17-20-18(11-22-21(14)17)13-5-8-15-16(9-6-13)19(15)20;/h1-3,7,10-11,13,15-16,19H,5-6,8-9H2;/q-1;. The number of pyridine rings is 1. The maximum Gasteiger partial charge on any atom is 0.0199 e. The summed E-state index contributed by atoms with van der Waals surface area (Å²) in [6.45, 7) is 0. The second kappa shape index (κ2) is 4.88. The zero-order chi connectivity index (χ0) is 14.3. The first-order chi connectivity index (χ1) is 10.9. The van der Waals surface area contributed by atoms with E-state index in [1.54, 1.807) is 11.1 Å². The Morgan fingerprint density at radius 1 is 1.00 bits per heavy atom. The summed E-state index contributed by atoms with van der Waals surface area (Å²) < 4.78 is 0. The molecule has 4 bridgehead atoms. The number of benzene rings is 2. The molecular weight excluding hydrogens is 458 g/mol. The largest absolute Gasteiger partial charge is 0.304 e. The summed E-state index contributed by atoms with van der Waals surface area (Å²) in [4.78, 5) is 4.90. The Bertz CT molecular complexity index is 918. The van der Waals surface area contributed by atoms with E-state index in [1.165, 1.54) is 47.4 Å². The van der Waals surface area contributed by atoms with Gasteiger partial charge in [-0.1, -0.05) is 12.1 Å². The van der Waals surface area contributed by atoms with Gasteiger partial charge in [0, 0.05) is 26.3 Å². The summed E-state index contributed by atoms with van der Waals surface area (Å²) in [5.41, 5.74) is 4.42. The zero-order valence-corrected chi connectivity index (χ0v) is 15.3. The van der Waals surface area contributed by atoms with Crippen molar-refractivity contribution in [2.24, 2.45) is 11.8 Å². The molecule has 1 radical (unpaired) electrons. The fourth-order valence-corrected chi connectivity index (χ4v) is 5.49. The first-order valence-electron chi connectivity index (χ1n) is 8.64. The molecule has 7 rings (SSSR count). The van der Waals surface area contributed by atoms with E-state index < -0.39 is 0 Å². The fourth-order valence-electron chi connectivity index (χ4n) is 5.49. The number of fused-ring (bicyclic) bond motifs is 5. The molecule has 2 saturated carbocycles. The van der Waals surface area contributed by atoms with Crippen molar-refractivity contribution in [1.29, 1.82) is 0 Å². The predicted octanol–water partition coefficient (Wildman–Crippen LogP) is 5.19. The van der Waals surface area contributed by atoms with Crippen molar-refractivity contribution in [2.75, 3.05) is 0 Å². The Morgan fingerprint density at radius 2 is 1.83 bits per heavy atom. The van der Waals surface area contributed by atoms with Crippen LogP contribution in [0.4, 0.5) is 0 Å². The number of nitrogens with zero attached hydrogens (tertiary/aromatic N) is 1. The Hall–Kier alpha value is -1.24. The van der Waals surface area contributed by atoms with Gasteiger partial charge in [-0.05, 0) is 71.4 Å². The molecule has 4 aliphatic rings. The second-order valence-corrected chi connectivity index (χ2v) is 7.43. The van der Waals surface area contributed by atoms with Crippen molar-refractivity contribution >= 4 is 21.7 Å². The van der Waals surface area contributed by atoms with Gasteiger partial charge in [-0.2, -0.15) is 0 Å². The van der Waals surface area contributed by atoms with Crippen LogP contribution < -0.4 is 0 Å². The molecule has 2 aromatic carbocycles. The van der Waals surface area contributed by atoms with E-state index in [1.807, 2.05) is 6.07 Å². The summed E-state index contributed by atoms with van der Waals surface area (Å²) in [5.74, 6) is 3.52. The molecule has 0 aliphatic heterocycles. The van der Waals surface area contributed by atoms with Gasteiger partial charge in [0.05, 0.1) is 0 Å². The van der Waals surface area contributed by atoms with Gasteiger partial charge in [0.1, 0.15) is 0 Å². The van der Waals surface area contributed by atoms with Crippen LogP contribution in [-0.4, -0.2) is 4.98 Å². The van der Waals surface area contributed by atoms with Crippen molar-refractivity contribution in [3.8, 4) is 0 Å². The van der Waals surface area contributed by atoms with Crippen molar-refractivity contribution in [3.05, 3.63) is 53.7 Å². The molecule has 0 spiro atoms. The first-order valence-corrected chi connectivity index (χ1v) is 8.64. The van der Waals surface area contributed by atoms with Gasteiger partial charge in [-0.3, -0.25) is 0 Å². The number of hydrogen-bond donors (Lipinski definition) is 0. The predicted molar refractivity (Wildman–Crippen MR) is 89.0 cm³/mol. The van der Waals surface area contributed by atoms with Crippen molar-refractivity contribution in [1.82, 2.24) is 4.98 Å². The molecule has 0 amide bonds. The van der Waals surface area contributed by atoms with Gasteiger partial charge in [-0.15, -0.1) is 35.0 Å². The third-order valence-electron chi connectivity index (χ3n) is 6.55. The van der Waals surface area contributed by atoms with E-state index >= 15 is 0 Å². The fraction of sp³-hybridized carbons (Fsp3) is 0.381. The van der Waals surface area contributed by atoms with E-state index in [0.29, 0.717) is 0 Å². The van der Waals surface area contributed by atoms with Crippen LogP contribution >= 0.6 is 0 Å². The minimum atomic E-state index is 0. The topological polar surface area (TPSA) is 12.9 Å². The Balaban J connectivity index is 0.00000121. The first kappa shape index (κ1) is 14.1. The smallest absolute Gasteiger partial charge is 0.0199 e. The van der Waals surface area contributed by atoms with Crippen molar-refractivity contribution < 1.29 is 20.1 Å². The van der Waals surface area contributed by atoms with E-state index in [4.69, 9.17) is 4.98 Å². The van der Waals surface area contributed by atoms with Crippen LogP contribution in [-0.2, 0) is 20.1 Å². The molecule has 117 valence electrons. The van der Waals surface area contributed by atoms with Gasteiger partial charge < -0.3 is 4.98 Å². The van der Waals surface area contributed by atoms with Gasteiger partial charge in [0.15, 0.2) is 0 Å². The van der Waals surface area contributed by atoms with E-state index in [0.717, 1.165) is 23.7 Å². The molecule has 0 N–H and O–H groups in total. The van der Waals surface area contributed by atoms with E-state index in [2.05, 4.69) is 36.5 Å². The summed E-state index contributed by atoms with van der Waals surface area (Å²) in [6, 6.07) is 14.3. The monoisotopic (exact) mass is 477 g/mol. The molecule has 2 unspecified atom stereocenters. The van der Waals surface area contributed by atoms with Crippen LogP contribution in [0.2, 0.25) is 0 Å². The van der Waals surface area contributed by atoms with Crippen LogP contribution in [0.25, 0.3) is 21.7 Å². The molecule has 3 aromatic rings. The quantitative estimate of drug-likeness (QED) is 0.322. The van der Waals surface area contributed by atoms with Crippen LogP contribution in [0.3, 0.4) is 0 Å². The maximum absolute atomic E-state index is 4.90. The average molecular weight is 477 g/mol. The zero-order valence-electron chi connectivity index (χ0n) is 12.9.